The number of thiocarbonyl (C=S) groups is 1. The highest BCUT2D eigenvalue weighted by Gasteiger charge is 2.43. The highest BCUT2D eigenvalue weighted by molar-refractivity contribution is 7.80. The third-order valence-corrected chi connectivity index (χ3v) is 4.82. The van der Waals surface area contributed by atoms with Gasteiger partial charge in [0.25, 0.3) is 0 Å². The van der Waals surface area contributed by atoms with Crippen LogP contribution in [-0.4, -0.2) is 22.3 Å². The Hall–Kier alpha value is -2.79. The highest BCUT2D eigenvalue weighted by atomic mass is 32.1. The lowest BCUT2D eigenvalue weighted by molar-refractivity contribution is -0.137. The topological polar surface area (TPSA) is 50.5 Å². The van der Waals surface area contributed by atoms with Crippen molar-refractivity contribution >= 4 is 28.7 Å². The Labute approximate surface area is 160 Å². The fraction of sp³-hybridized carbons (Fsp3) is 0.263. The summed E-state index contributed by atoms with van der Waals surface area (Å²) in [6, 6.07) is 11.6. The van der Waals surface area contributed by atoms with Crippen molar-refractivity contribution in [3.05, 3.63) is 53.6 Å². The number of hydrogen-bond acceptors (Lipinski definition) is 3. The van der Waals surface area contributed by atoms with Crippen LogP contribution < -0.4 is 9.80 Å². The molecule has 0 aromatic heterocycles. The molecule has 2 aromatic rings. The molecule has 0 aliphatic carbocycles. The average Bonchev–Trinajstić information content (AvgIpc) is 2.84. The normalized spacial score (nSPS) is 16.5. The number of rotatable bonds is 2. The van der Waals surface area contributed by atoms with Gasteiger partial charge in [-0.25, -0.2) is 0 Å². The van der Waals surface area contributed by atoms with Gasteiger partial charge >= 0.3 is 6.18 Å². The molecule has 1 heterocycles. The zero-order chi connectivity index (χ0) is 20.0. The summed E-state index contributed by atoms with van der Waals surface area (Å²) < 4.78 is 39.9. The van der Waals surface area contributed by atoms with Crippen LogP contribution in [0.1, 0.15) is 25.0 Å². The van der Waals surface area contributed by atoms with Crippen LogP contribution in [0.15, 0.2) is 42.5 Å². The molecule has 4 nitrogen and oxygen atoms in total. The summed E-state index contributed by atoms with van der Waals surface area (Å²) in [6.07, 6.45) is -4.63. The van der Waals surface area contributed by atoms with E-state index in [-0.39, 0.29) is 11.4 Å². The van der Waals surface area contributed by atoms with Gasteiger partial charge in [0.1, 0.15) is 5.75 Å². The summed E-state index contributed by atoms with van der Waals surface area (Å²) >= 11 is 5.55. The van der Waals surface area contributed by atoms with Crippen LogP contribution in [0.5, 0.6) is 5.75 Å². The lowest BCUT2D eigenvalue weighted by atomic mass is 10.0. The van der Waals surface area contributed by atoms with Crippen LogP contribution >= 0.6 is 12.2 Å². The van der Waals surface area contributed by atoms with Gasteiger partial charge < -0.3 is 14.9 Å². The number of nitrogens with zero attached hydrogens (tertiary/aromatic N) is 3. The SMILES string of the molecule is CC1(C)CN(c2ccc(C#N)c(C(F)(F)F)c2)C(=S)N1c1ccc(O)cc1. The molecule has 0 bridgehead atoms. The second-order valence-electron chi connectivity index (χ2n) is 6.87. The molecule has 0 atom stereocenters. The van der Waals surface area contributed by atoms with Crippen LogP contribution in [0.25, 0.3) is 0 Å². The molecule has 1 fully saturated rings. The standard InChI is InChI=1S/C19H16F3N3OS/c1-18(2)11-24(17(27)25(18)13-5-7-15(26)8-6-13)14-4-3-12(10-23)16(9-14)19(20,21)22/h3-9,26H,11H2,1-2H3. The predicted molar refractivity (Wildman–Crippen MR) is 101 cm³/mol. The summed E-state index contributed by atoms with van der Waals surface area (Å²) in [7, 11) is 0. The van der Waals surface area contributed by atoms with E-state index >= 15 is 0 Å². The van der Waals surface area contributed by atoms with Crippen molar-refractivity contribution < 1.29 is 18.3 Å². The number of aromatic hydroxyl groups is 1. The van der Waals surface area contributed by atoms with E-state index in [1.54, 1.807) is 23.1 Å². The molecule has 2 aromatic carbocycles. The number of phenolic OH excluding ortho intramolecular Hbond substituents is 1. The van der Waals surface area contributed by atoms with Crippen LogP contribution in [0.2, 0.25) is 0 Å². The van der Waals surface area contributed by atoms with Crippen LogP contribution in [-0.2, 0) is 6.18 Å². The second-order valence-corrected chi connectivity index (χ2v) is 7.24. The predicted octanol–water partition coefficient (Wildman–Crippen LogP) is 4.67. The van der Waals surface area contributed by atoms with Crippen LogP contribution in [0, 0.1) is 11.3 Å². The van der Waals surface area contributed by atoms with Gasteiger partial charge in [-0.2, -0.15) is 18.4 Å². The van der Waals surface area contributed by atoms with E-state index in [0.717, 1.165) is 17.8 Å². The first kappa shape index (κ1) is 19.0. The Kier molecular flexibility index (Phi) is 4.52. The number of alkyl halides is 3. The summed E-state index contributed by atoms with van der Waals surface area (Å²) in [4.78, 5) is 3.46. The Morgan fingerprint density at radius 3 is 2.26 bits per heavy atom. The van der Waals surface area contributed by atoms with E-state index in [2.05, 4.69) is 0 Å². The average molecular weight is 391 g/mol. The molecule has 27 heavy (non-hydrogen) atoms. The lowest BCUT2D eigenvalue weighted by Gasteiger charge is -2.31. The minimum Gasteiger partial charge on any atom is -0.508 e. The first-order valence-electron chi connectivity index (χ1n) is 8.07. The molecule has 3 rings (SSSR count). The molecule has 1 aliphatic rings. The van der Waals surface area contributed by atoms with Crippen molar-refractivity contribution in [2.45, 2.75) is 25.6 Å². The maximum Gasteiger partial charge on any atom is 0.417 e. The van der Waals surface area contributed by atoms with Gasteiger partial charge in [-0.3, -0.25) is 0 Å². The summed E-state index contributed by atoms with van der Waals surface area (Å²) in [5.41, 5.74) is -0.881. The number of benzene rings is 2. The Morgan fingerprint density at radius 1 is 1.11 bits per heavy atom. The quantitative estimate of drug-likeness (QED) is 0.754. The minimum absolute atomic E-state index is 0.112. The number of nitriles is 1. The van der Waals surface area contributed by atoms with Gasteiger partial charge in [-0.05, 0) is 68.5 Å². The zero-order valence-electron chi connectivity index (χ0n) is 14.6. The Balaban J connectivity index is 2.03. The van der Waals surface area contributed by atoms with Gasteiger partial charge in [-0.1, -0.05) is 0 Å². The van der Waals surface area contributed by atoms with Gasteiger partial charge in [0.2, 0.25) is 0 Å². The van der Waals surface area contributed by atoms with E-state index in [4.69, 9.17) is 17.5 Å². The van der Waals surface area contributed by atoms with Gasteiger partial charge in [0, 0.05) is 17.9 Å². The summed E-state index contributed by atoms with van der Waals surface area (Å²) in [5, 5.41) is 18.8. The Morgan fingerprint density at radius 2 is 1.70 bits per heavy atom. The van der Waals surface area contributed by atoms with Crippen LogP contribution in [0.4, 0.5) is 24.5 Å². The van der Waals surface area contributed by atoms with E-state index in [1.165, 1.54) is 18.2 Å². The molecule has 0 saturated carbocycles. The summed E-state index contributed by atoms with van der Waals surface area (Å²) in [5.74, 6) is 0.112. The monoisotopic (exact) mass is 391 g/mol. The third kappa shape index (κ3) is 3.43. The van der Waals surface area contributed by atoms with Gasteiger partial charge in [-0.15, -0.1) is 0 Å². The Bertz CT molecular complexity index is 933. The second kappa shape index (κ2) is 6.43. The fourth-order valence-corrected chi connectivity index (χ4v) is 3.72. The molecule has 0 unspecified atom stereocenters. The highest BCUT2D eigenvalue weighted by Crippen LogP contribution is 2.39. The number of halogens is 3. The maximum atomic E-state index is 13.3. The molecule has 8 heteroatoms. The van der Waals surface area contributed by atoms with Gasteiger partial charge in [0.15, 0.2) is 5.11 Å². The molecular weight excluding hydrogens is 375 g/mol. The lowest BCUT2D eigenvalue weighted by Crippen LogP contribution is -2.42. The van der Waals surface area contributed by atoms with Crippen molar-refractivity contribution in [2.24, 2.45) is 0 Å². The smallest absolute Gasteiger partial charge is 0.417 e. The van der Waals surface area contributed by atoms with Crippen molar-refractivity contribution in [3.8, 4) is 11.8 Å². The number of phenols is 1. The van der Waals surface area contributed by atoms with E-state index < -0.39 is 22.8 Å². The first-order valence-corrected chi connectivity index (χ1v) is 8.47. The summed E-state index contributed by atoms with van der Waals surface area (Å²) in [6.45, 7) is 4.23. The van der Waals surface area contributed by atoms with Crippen LogP contribution in [0.3, 0.4) is 0 Å². The fourth-order valence-electron chi connectivity index (χ4n) is 3.20. The van der Waals surface area contributed by atoms with Gasteiger partial charge in [0.05, 0.1) is 22.7 Å². The van der Waals surface area contributed by atoms with Crippen molar-refractivity contribution in [3.63, 3.8) is 0 Å². The largest absolute Gasteiger partial charge is 0.508 e. The molecule has 1 aliphatic heterocycles. The van der Waals surface area contributed by atoms with E-state index in [9.17, 15) is 18.3 Å². The number of hydrogen-bond donors (Lipinski definition) is 1. The molecule has 0 radical (unpaired) electrons. The molecule has 0 spiro atoms. The molecule has 140 valence electrons. The van der Waals surface area contributed by atoms with Crippen molar-refractivity contribution in [1.82, 2.24) is 0 Å². The molecular formula is C19H16F3N3OS. The third-order valence-electron chi connectivity index (χ3n) is 4.42. The number of anilines is 2. The maximum absolute atomic E-state index is 13.3. The van der Waals surface area contributed by atoms with Crippen molar-refractivity contribution in [2.75, 3.05) is 16.3 Å². The van der Waals surface area contributed by atoms with E-state index in [1.807, 2.05) is 18.7 Å². The molecule has 1 saturated heterocycles. The van der Waals surface area contributed by atoms with Crippen molar-refractivity contribution in [1.29, 1.82) is 5.26 Å². The zero-order valence-corrected chi connectivity index (χ0v) is 15.4. The first-order chi connectivity index (χ1) is 12.5. The molecule has 0 amide bonds. The van der Waals surface area contributed by atoms with E-state index in [0.29, 0.717) is 11.7 Å². The molecule has 1 N–H and O–H groups in total. The minimum atomic E-state index is -4.63.